The molecule has 7 nitrogen and oxygen atoms in total. The molecule has 1 unspecified atom stereocenters. The first-order valence-corrected chi connectivity index (χ1v) is 7.77. The molecule has 1 atom stereocenters. The lowest BCUT2D eigenvalue weighted by molar-refractivity contribution is -0.0122. The molecule has 22 heavy (non-hydrogen) atoms. The van der Waals surface area contributed by atoms with E-state index in [-0.39, 0.29) is 17.1 Å². The number of carbonyl (C=O) groups is 1. The average molecular weight is 308 g/mol. The highest BCUT2D eigenvalue weighted by Gasteiger charge is 2.46. The molecule has 1 spiro atoms. The molecule has 0 bridgehead atoms. The van der Waals surface area contributed by atoms with E-state index in [2.05, 4.69) is 15.0 Å². The van der Waals surface area contributed by atoms with Crippen molar-refractivity contribution in [3.8, 4) is 0 Å². The zero-order valence-corrected chi connectivity index (χ0v) is 13.8. The van der Waals surface area contributed by atoms with E-state index >= 15 is 0 Å². The third kappa shape index (κ3) is 2.95. The van der Waals surface area contributed by atoms with Gasteiger partial charge in [-0.25, -0.2) is 4.79 Å². The van der Waals surface area contributed by atoms with Crippen molar-refractivity contribution in [3.05, 3.63) is 11.7 Å². The fourth-order valence-electron chi connectivity index (χ4n) is 3.15. The number of ether oxygens (including phenoxy) is 1. The molecule has 0 radical (unpaired) electrons. The van der Waals surface area contributed by atoms with Crippen LogP contribution in [-0.4, -0.2) is 58.3 Å². The van der Waals surface area contributed by atoms with E-state index in [4.69, 9.17) is 9.26 Å². The maximum absolute atomic E-state index is 11.7. The van der Waals surface area contributed by atoms with Crippen LogP contribution in [-0.2, 0) is 16.7 Å². The van der Waals surface area contributed by atoms with Crippen molar-refractivity contribution in [1.82, 2.24) is 19.9 Å². The van der Waals surface area contributed by atoms with Gasteiger partial charge in [0.15, 0.2) is 5.82 Å². The summed E-state index contributed by atoms with van der Waals surface area (Å²) >= 11 is 0. The van der Waals surface area contributed by atoms with Crippen LogP contribution >= 0.6 is 0 Å². The number of hydrogen-bond acceptors (Lipinski definition) is 6. The molecule has 2 aliphatic heterocycles. The molecule has 2 aliphatic rings. The number of rotatable bonds is 2. The highest BCUT2D eigenvalue weighted by Crippen LogP contribution is 2.32. The second kappa shape index (κ2) is 5.22. The van der Waals surface area contributed by atoms with Crippen LogP contribution in [0.2, 0.25) is 0 Å². The van der Waals surface area contributed by atoms with Gasteiger partial charge in [-0.05, 0) is 19.4 Å². The number of likely N-dealkylation sites (tertiary alicyclic amines) is 1. The third-order valence-corrected chi connectivity index (χ3v) is 4.23. The van der Waals surface area contributed by atoms with Crippen molar-refractivity contribution >= 4 is 6.09 Å². The second-order valence-corrected chi connectivity index (χ2v) is 7.49. The SMILES string of the molecule is CN1CC2(CCCN(Cc3noc(C(C)(C)C)n3)C2)OC1=O. The Hall–Kier alpha value is -1.63. The van der Waals surface area contributed by atoms with Crippen molar-refractivity contribution in [2.45, 2.75) is 51.2 Å². The van der Waals surface area contributed by atoms with Crippen molar-refractivity contribution in [2.24, 2.45) is 0 Å². The molecule has 7 heteroatoms. The van der Waals surface area contributed by atoms with Gasteiger partial charge < -0.3 is 14.2 Å². The van der Waals surface area contributed by atoms with Gasteiger partial charge in [0.25, 0.3) is 0 Å². The van der Waals surface area contributed by atoms with E-state index in [9.17, 15) is 4.79 Å². The second-order valence-electron chi connectivity index (χ2n) is 7.49. The zero-order chi connectivity index (χ0) is 16.0. The molecule has 2 saturated heterocycles. The number of nitrogens with zero attached hydrogens (tertiary/aromatic N) is 4. The largest absolute Gasteiger partial charge is 0.440 e. The predicted octanol–water partition coefficient (Wildman–Crippen LogP) is 1.78. The molecule has 0 saturated carbocycles. The zero-order valence-electron chi connectivity index (χ0n) is 13.8. The predicted molar refractivity (Wildman–Crippen MR) is 79.4 cm³/mol. The Bertz CT molecular complexity index is 565. The Morgan fingerprint density at radius 2 is 2.09 bits per heavy atom. The minimum Gasteiger partial charge on any atom is -0.440 e. The summed E-state index contributed by atoms with van der Waals surface area (Å²) in [6, 6.07) is 0. The molecule has 3 rings (SSSR count). The Morgan fingerprint density at radius 1 is 1.32 bits per heavy atom. The van der Waals surface area contributed by atoms with Gasteiger partial charge >= 0.3 is 6.09 Å². The van der Waals surface area contributed by atoms with Crippen LogP contribution in [0.3, 0.4) is 0 Å². The summed E-state index contributed by atoms with van der Waals surface area (Å²) in [5.74, 6) is 1.35. The summed E-state index contributed by atoms with van der Waals surface area (Å²) in [5, 5.41) is 4.08. The average Bonchev–Trinajstić information content (AvgIpc) is 2.96. The topological polar surface area (TPSA) is 71.7 Å². The molecule has 122 valence electrons. The third-order valence-electron chi connectivity index (χ3n) is 4.23. The van der Waals surface area contributed by atoms with E-state index < -0.39 is 0 Å². The highest BCUT2D eigenvalue weighted by molar-refractivity contribution is 5.70. The molecule has 1 aromatic rings. The van der Waals surface area contributed by atoms with Gasteiger partial charge in [0.05, 0.1) is 13.1 Å². The summed E-state index contributed by atoms with van der Waals surface area (Å²) in [6.07, 6.45) is 1.70. The first-order chi connectivity index (χ1) is 10.3. The van der Waals surface area contributed by atoms with E-state index in [1.54, 1.807) is 11.9 Å². The number of carbonyl (C=O) groups excluding carboxylic acids is 1. The summed E-state index contributed by atoms with van der Waals surface area (Å²) in [5.41, 5.74) is -0.515. The van der Waals surface area contributed by atoms with Crippen molar-refractivity contribution < 1.29 is 14.1 Å². The van der Waals surface area contributed by atoms with E-state index in [1.807, 2.05) is 20.8 Å². The van der Waals surface area contributed by atoms with Crippen molar-refractivity contribution in [1.29, 1.82) is 0 Å². The van der Waals surface area contributed by atoms with Crippen LogP contribution < -0.4 is 0 Å². The Morgan fingerprint density at radius 3 is 2.68 bits per heavy atom. The van der Waals surface area contributed by atoms with Crippen LogP contribution in [0.1, 0.15) is 45.3 Å². The van der Waals surface area contributed by atoms with Crippen LogP contribution in [0.25, 0.3) is 0 Å². The van der Waals surface area contributed by atoms with Gasteiger partial charge in [-0.1, -0.05) is 25.9 Å². The molecule has 1 amide bonds. The van der Waals surface area contributed by atoms with Crippen molar-refractivity contribution in [3.63, 3.8) is 0 Å². The number of aromatic nitrogens is 2. The summed E-state index contributed by atoms with van der Waals surface area (Å²) in [7, 11) is 1.78. The number of likely N-dealkylation sites (N-methyl/N-ethyl adjacent to an activating group) is 1. The Kier molecular flexibility index (Phi) is 3.63. The van der Waals surface area contributed by atoms with E-state index in [0.717, 1.165) is 25.9 Å². The van der Waals surface area contributed by atoms with Gasteiger partial charge in [0.1, 0.15) is 5.60 Å². The van der Waals surface area contributed by atoms with E-state index in [1.165, 1.54) is 0 Å². The van der Waals surface area contributed by atoms with Gasteiger partial charge in [0.2, 0.25) is 5.89 Å². The maximum atomic E-state index is 11.7. The lowest BCUT2D eigenvalue weighted by Crippen LogP contribution is -2.50. The molecule has 0 N–H and O–H groups in total. The van der Waals surface area contributed by atoms with Gasteiger partial charge in [-0.15, -0.1) is 0 Å². The minimum atomic E-state index is -0.374. The van der Waals surface area contributed by atoms with Crippen molar-refractivity contribution in [2.75, 3.05) is 26.7 Å². The van der Waals surface area contributed by atoms with Crippen LogP contribution in [0.4, 0.5) is 4.79 Å². The number of piperidine rings is 1. The van der Waals surface area contributed by atoms with Crippen LogP contribution in [0.5, 0.6) is 0 Å². The first-order valence-electron chi connectivity index (χ1n) is 7.77. The minimum absolute atomic E-state index is 0.141. The van der Waals surface area contributed by atoms with E-state index in [0.29, 0.717) is 24.8 Å². The molecule has 0 aromatic carbocycles. The fraction of sp³-hybridized carbons (Fsp3) is 0.800. The quantitative estimate of drug-likeness (QED) is 0.829. The standard InChI is InChI=1S/C15H24N4O3/c1-14(2,3)12-16-11(17-22-12)8-19-7-5-6-15(10-19)9-18(4)13(20)21-15/h5-10H2,1-4H3. The lowest BCUT2D eigenvalue weighted by atomic mass is 9.93. The molecule has 0 aliphatic carbocycles. The number of amides is 1. The molecule has 3 heterocycles. The first kappa shape index (κ1) is 15.3. The fourth-order valence-corrected chi connectivity index (χ4v) is 3.15. The molecular formula is C15H24N4O3. The summed E-state index contributed by atoms with van der Waals surface area (Å²) in [4.78, 5) is 20.0. The van der Waals surface area contributed by atoms with Gasteiger partial charge in [-0.2, -0.15) is 4.98 Å². The summed E-state index contributed by atoms with van der Waals surface area (Å²) < 4.78 is 11.0. The monoisotopic (exact) mass is 308 g/mol. The molecule has 1 aromatic heterocycles. The molecule has 2 fully saturated rings. The van der Waals surface area contributed by atoms with Gasteiger partial charge in [-0.3, -0.25) is 4.90 Å². The number of hydrogen-bond donors (Lipinski definition) is 0. The van der Waals surface area contributed by atoms with Crippen LogP contribution in [0, 0.1) is 0 Å². The van der Waals surface area contributed by atoms with Gasteiger partial charge in [0, 0.05) is 19.0 Å². The summed E-state index contributed by atoms with van der Waals surface area (Å²) in [6.45, 7) is 9.12. The lowest BCUT2D eigenvalue weighted by Gasteiger charge is -2.37. The Balaban J connectivity index is 1.66. The molecular weight excluding hydrogens is 284 g/mol. The normalized spacial score (nSPS) is 26.7. The highest BCUT2D eigenvalue weighted by atomic mass is 16.6. The smallest absolute Gasteiger partial charge is 0.410 e. The maximum Gasteiger partial charge on any atom is 0.410 e. The van der Waals surface area contributed by atoms with Crippen LogP contribution in [0.15, 0.2) is 4.52 Å². The Labute approximate surface area is 130 Å².